The number of esters is 1. The molecule has 3 aromatic rings. The number of aromatic nitrogens is 2. The summed E-state index contributed by atoms with van der Waals surface area (Å²) in [7, 11) is 1.39. The highest BCUT2D eigenvalue weighted by Crippen LogP contribution is 2.40. The molecule has 0 saturated heterocycles. The zero-order valence-corrected chi connectivity index (χ0v) is 20.2. The molecule has 0 radical (unpaired) electrons. The van der Waals surface area contributed by atoms with Crippen molar-refractivity contribution in [1.82, 2.24) is 15.1 Å². The lowest BCUT2D eigenvalue weighted by Gasteiger charge is -2.11. The van der Waals surface area contributed by atoms with E-state index in [-0.39, 0.29) is 5.97 Å². The monoisotopic (exact) mass is 506 g/mol. The predicted molar refractivity (Wildman–Crippen MR) is 129 cm³/mol. The molecule has 0 saturated carbocycles. The first-order valence-corrected chi connectivity index (χ1v) is 11.4. The van der Waals surface area contributed by atoms with Crippen molar-refractivity contribution in [2.75, 3.05) is 19.0 Å². The molecule has 2 N–H and O–H groups in total. The number of anilines is 1. The topological polar surface area (TPSA) is 68.2 Å². The van der Waals surface area contributed by atoms with Crippen molar-refractivity contribution in [3.05, 3.63) is 57.1 Å². The number of hydrogen-bond acceptors (Lipinski definition) is 5. The Morgan fingerprint density at radius 1 is 1.30 bits per heavy atom. The fourth-order valence-corrected chi connectivity index (χ4v) is 4.73. The quantitative estimate of drug-likeness (QED) is 0.262. The summed E-state index contributed by atoms with van der Waals surface area (Å²) in [5.41, 5.74) is 3.32. The third-order valence-corrected chi connectivity index (χ3v) is 6.54. The van der Waals surface area contributed by atoms with E-state index in [0.29, 0.717) is 22.2 Å². The maximum Gasteiger partial charge on any atom is 0.341 e. The molecule has 9 heteroatoms. The molecule has 158 valence electrons. The van der Waals surface area contributed by atoms with E-state index < -0.39 is 0 Å². The number of halogens is 1. The number of thiophene rings is 1. The van der Waals surface area contributed by atoms with Gasteiger partial charge in [-0.15, -0.1) is 11.3 Å². The summed E-state index contributed by atoms with van der Waals surface area (Å²) in [5.74, 6) is -0.386. The molecule has 0 fully saturated rings. The van der Waals surface area contributed by atoms with Crippen LogP contribution >= 0.6 is 39.5 Å². The van der Waals surface area contributed by atoms with Crippen LogP contribution in [0.5, 0.6) is 0 Å². The number of aryl methyl sites for hydroxylation is 3. The molecule has 1 aromatic carbocycles. The second-order valence-corrected chi connectivity index (χ2v) is 9.14. The lowest BCUT2D eigenvalue weighted by atomic mass is 10.0. The van der Waals surface area contributed by atoms with Gasteiger partial charge in [-0.2, -0.15) is 5.10 Å². The van der Waals surface area contributed by atoms with Crippen LogP contribution in [0.3, 0.4) is 0 Å². The van der Waals surface area contributed by atoms with E-state index in [1.165, 1.54) is 18.4 Å². The summed E-state index contributed by atoms with van der Waals surface area (Å²) in [6.07, 6.45) is 2.83. The average molecular weight is 507 g/mol. The van der Waals surface area contributed by atoms with Gasteiger partial charge in [0.25, 0.3) is 0 Å². The van der Waals surface area contributed by atoms with Crippen molar-refractivity contribution >= 4 is 55.6 Å². The van der Waals surface area contributed by atoms with Crippen molar-refractivity contribution in [3.8, 4) is 11.1 Å². The maximum atomic E-state index is 12.5. The van der Waals surface area contributed by atoms with Crippen LogP contribution in [0.2, 0.25) is 0 Å². The normalized spacial score (nSPS) is 10.7. The molecule has 0 atom stereocenters. The van der Waals surface area contributed by atoms with Gasteiger partial charge in [0, 0.05) is 29.7 Å². The second kappa shape index (κ2) is 10.2. The van der Waals surface area contributed by atoms with Crippen LogP contribution < -0.4 is 10.6 Å². The third kappa shape index (κ3) is 5.27. The highest BCUT2D eigenvalue weighted by atomic mass is 79.9. The molecule has 0 aliphatic rings. The van der Waals surface area contributed by atoms with Gasteiger partial charge in [0.1, 0.15) is 10.6 Å². The van der Waals surface area contributed by atoms with Gasteiger partial charge in [-0.25, -0.2) is 4.79 Å². The molecular weight excluding hydrogens is 484 g/mol. The van der Waals surface area contributed by atoms with Crippen LogP contribution in [-0.4, -0.2) is 34.5 Å². The summed E-state index contributed by atoms with van der Waals surface area (Å²) < 4.78 is 7.95. The first kappa shape index (κ1) is 22.5. The SMILES string of the molecule is COC(=O)c1c(NC(=S)NCCCn2cc(Br)c(C)n2)sc(C)c1-c1ccccc1. The first-order chi connectivity index (χ1) is 14.4. The summed E-state index contributed by atoms with van der Waals surface area (Å²) in [6, 6.07) is 9.82. The number of rotatable bonds is 7. The summed E-state index contributed by atoms with van der Waals surface area (Å²) in [6.45, 7) is 5.42. The highest BCUT2D eigenvalue weighted by molar-refractivity contribution is 9.10. The minimum Gasteiger partial charge on any atom is -0.465 e. The van der Waals surface area contributed by atoms with E-state index in [4.69, 9.17) is 17.0 Å². The average Bonchev–Trinajstić information content (AvgIpc) is 3.23. The fraction of sp³-hybridized carbons (Fsp3) is 0.286. The number of benzene rings is 1. The number of methoxy groups -OCH3 is 1. The Morgan fingerprint density at radius 3 is 2.67 bits per heavy atom. The Morgan fingerprint density at radius 2 is 2.03 bits per heavy atom. The van der Waals surface area contributed by atoms with Crippen molar-refractivity contribution in [1.29, 1.82) is 0 Å². The number of nitrogens with zero attached hydrogens (tertiary/aromatic N) is 2. The van der Waals surface area contributed by atoms with E-state index >= 15 is 0 Å². The molecule has 3 rings (SSSR count). The molecule has 0 amide bonds. The lowest BCUT2D eigenvalue weighted by Crippen LogP contribution is -2.30. The number of hydrogen-bond donors (Lipinski definition) is 2. The Labute approximate surface area is 193 Å². The minimum atomic E-state index is -0.386. The Bertz CT molecular complexity index is 1030. The molecule has 0 spiro atoms. The van der Waals surface area contributed by atoms with Crippen LogP contribution in [0.1, 0.15) is 27.3 Å². The zero-order chi connectivity index (χ0) is 21.7. The van der Waals surface area contributed by atoms with Crippen molar-refractivity contribution in [2.45, 2.75) is 26.8 Å². The number of thiocarbonyl (C=S) groups is 1. The fourth-order valence-electron chi connectivity index (χ4n) is 3.08. The van der Waals surface area contributed by atoms with Gasteiger partial charge in [0.2, 0.25) is 0 Å². The lowest BCUT2D eigenvalue weighted by molar-refractivity contribution is 0.0603. The number of ether oxygens (including phenoxy) is 1. The number of carbonyl (C=O) groups excluding carboxylic acids is 1. The second-order valence-electron chi connectivity index (χ2n) is 6.65. The van der Waals surface area contributed by atoms with Gasteiger partial charge >= 0.3 is 5.97 Å². The molecule has 0 aliphatic carbocycles. The standard InChI is InChI=1S/C21H23BrN4O2S2/c1-13-16(22)12-26(25-13)11-7-10-23-21(29)24-19-18(20(27)28-3)17(14(2)30-19)15-8-5-4-6-9-15/h4-6,8-9,12H,7,10-11H2,1-3H3,(H2,23,24,29). The predicted octanol–water partition coefficient (Wildman–Crippen LogP) is 5.15. The van der Waals surface area contributed by atoms with E-state index in [2.05, 4.69) is 31.7 Å². The maximum absolute atomic E-state index is 12.5. The van der Waals surface area contributed by atoms with Gasteiger partial charge in [-0.1, -0.05) is 30.3 Å². The van der Waals surface area contributed by atoms with E-state index in [9.17, 15) is 4.79 Å². The Balaban J connectivity index is 1.66. The Kier molecular flexibility index (Phi) is 7.63. The molecule has 30 heavy (non-hydrogen) atoms. The van der Waals surface area contributed by atoms with Crippen LogP contribution in [0.25, 0.3) is 11.1 Å². The first-order valence-electron chi connectivity index (χ1n) is 9.42. The van der Waals surface area contributed by atoms with Gasteiger partial charge in [-0.05, 0) is 54.0 Å². The molecular formula is C21H23BrN4O2S2. The molecule has 0 unspecified atom stereocenters. The smallest absolute Gasteiger partial charge is 0.341 e. The van der Waals surface area contributed by atoms with Crippen molar-refractivity contribution in [3.63, 3.8) is 0 Å². The molecule has 2 heterocycles. The van der Waals surface area contributed by atoms with Crippen LogP contribution in [-0.2, 0) is 11.3 Å². The van der Waals surface area contributed by atoms with Crippen LogP contribution in [0, 0.1) is 13.8 Å². The van der Waals surface area contributed by atoms with Crippen molar-refractivity contribution in [2.24, 2.45) is 0 Å². The molecule has 0 aliphatic heterocycles. The van der Waals surface area contributed by atoms with Crippen molar-refractivity contribution < 1.29 is 9.53 Å². The van der Waals surface area contributed by atoms with E-state index in [1.807, 2.05) is 55.1 Å². The summed E-state index contributed by atoms with van der Waals surface area (Å²) in [4.78, 5) is 13.6. The van der Waals surface area contributed by atoms with Gasteiger partial charge in [0.15, 0.2) is 5.11 Å². The van der Waals surface area contributed by atoms with E-state index in [1.54, 1.807) is 0 Å². The van der Waals surface area contributed by atoms with E-state index in [0.717, 1.165) is 39.1 Å². The largest absolute Gasteiger partial charge is 0.465 e. The van der Waals surface area contributed by atoms with Gasteiger partial charge in [0.05, 0.1) is 17.3 Å². The minimum absolute atomic E-state index is 0.386. The van der Waals surface area contributed by atoms with Gasteiger partial charge in [-0.3, -0.25) is 4.68 Å². The highest BCUT2D eigenvalue weighted by Gasteiger charge is 2.24. The molecule has 6 nitrogen and oxygen atoms in total. The van der Waals surface area contributed by atoms with Crippen LogP contribution in [0.15, 0.2) is 41.0 Å². The zero-order valence-electron chi connectivity index (χ0n) is 17.0. The number of carbonyl (C=O) groups is 1. The van der Waals surface area contributed by atoms with Crippen LogP contribution in [0.4, 0.5) is 5.00 Å². The summed E-state index contributed by atoms with van der Waals surface area (Å²) >= 11 is 10.4. The number of nitrogens with one attached hydrogen (secondary N) is 2. The third-order valence-electron chi connectivity index (χ3n) is 4.50. The molecule has 2 aromatic heterocycles. The Hall–Kier alpha value is -2.23. The van der Waals surface area contributed by atoms with Gasteiger partial charge < -0.3 is 15.4 Å². The summed E-state index contributed by atoms with van der Waals surface area (Å²) in [5, 5.41) is 11.9. The molecule has 0 bridgehead atoms.